The summed E-state index contributed by atoms with van der Waals surface area (Å²) in [6.07, 6.45) is 0. The molecule has 0 N–H and O–H groups in total. The maximum atomic E-state index is 13.6. The van der Waals surface area contributed by atoms with Gasteiger partial charge in [-0.15, -0.1) is 11.6 Å². The van der Waals surface area contributed by atoms with E-state index < -0.39 is 11.2 Å². The average molecular weight is 283 g/mol. The summed E-state index contributed by atoms with van der Waals surface area (Å²) in [5.74, 6) is -0.611. The monoisotopic (exact) mass is 282 g/mol. The molecule has 2 rings (SSSR count). The molecule has 0 saturated carbocycles. The first-order chi connectivity index (χ1) is 9.02. The van der Waals surface area contributed by atoms with Gasteiger partial charge in [0.2, 0.25) is 0 Å². The van der Waals surface area contributed by atoms with Crippen LogP contribution in [-0.4, -0.2) is 7.11 Å². The summed E-state index contributed by atoms with van der Waals surface area (Å²) in [4.78, 5) is 0. The van der Waals surface area contributed by atoms with Crippen LogP contribution in [0.3, 0.4) is 0 Å². The van der Waals surface area contributed by atoms with Gasteiger partial charge < -0.3 is 4.74 Å². The lowest BCUT2D eigenvalue weighted by molar-refractivity contribution is 0.386. The Labute approximate surface area is 115 Å². The molecule has 2 aromatic rings. The van der Waals surface area contributed by atoms with E-state index in [1.165, 1.54) is 31.4 Å². The van der Waals surface area contributed by atoms with Gasteiger partial charge in [-0.3, -0.25) is 0 Å². The maximum absolute atomic E-state index is 13.6. The van der Waals surface area contributed by atoms with Crippen LogP contribution >= 0.6 is 11.6 Å². The number of hydrogen-bond acceptors (Lipinski definition) is 1. The van der Waals surface area contributed by atoms with Crippen molar-refractivity contribution >= 4 is 11.6 Å². The lowest BCUT2D eigenvalue weighted by Gasteiger charge is -2.14. The molecule has 0 amide bonds. The van der Waals surface area contributed by atoms with Crippen molar-refractivity contribution in [3.8, 4) is 5.75 Å². The van der Waals surface area contributed by atoms with E-state index in [9.17, 15) is 8.78 Å². The van der Waals surface area contributed by atoms with Crippen LogP contribution in [0.2, 0.25) is 0 Å². The van der Waals surface area contributed by atoms with E-state index in [1.807, 2.05) is 0 Å². The summed E-state index contributed by atoms with van der Waals surface area (Å²) in [7, 11) is 1.40. The number of benzene rings is 2. The molecule has 0 aliphatic heterocycles. The summed E-state index contributed by atoms with van der Waals surface area (Å²) in [6.45, 7) is 1.77. The second kappa shape index (κ2) is 5.57. The number of rotatable bonds is 3. The van der Waals surface area contributed by atoms with Crippen molar-refractivity contribution in [2.24, 2.45) is 0 Å². The molecular formula is C15H13ClF2O. The highest BCUT2D eigenvalue weighted by Gasteiger charge is 2.15. The Morgan fingerprint density at radius 3 is 2.42 bits per heavy atom. The van der Waals surface area contributed by atoms with E-state index in [-0.39, 0.29) is 11.6 Å². The normalized spacial score (nSPS) is 12.3. The predicted molar refractivity (Wildman–Crippen MR) is 71.8 cm³/mol. The van der Waals surface area contributed by atoms with E-state index in [4.69, 9.17) is 16.3 Å². The molecule has 0 spiro atoms. The summed E-state index contributed by atoms with van der Waals surface area (Å²) in [5.41, 5.74) is 2.10. The van der Waals surface area contributed by atoms with Gasteiger partial charge in [0.25, 0.3) is 0 Å². The van der Waals surface area contributed by atoms with Crippen LogP contribution < -0.4 is 4.74 Å². The molecule has 1 atom stereocenters. The second-order valence-electron chi connectivity index (χ2n) is 4.26. The number of halogens is 3. The zero-order valence-electron chi connectivity index (χ0n) is 10.6. The van der Waals surface area contributed by atoms with Crippen molar-refractivity contribution in [1.29, 1.82) is 0 Å². The summed E-state index contributed by atoms with van der Waals surface area (Å²) in [5, 5.41) is -0.527. The van der Waals surface area contributed by atoms with Gasteiger partial charge in [-0.2, -0.15) is 0 Å². The Kier molecular flexibility index (Phi) is 4.05. The van der Waals surface area contributed by atoms with Gasteiger partial charge >= 0.3 is 0 Å². The first kappa shape index (κ1) is 13.8. The van der Waals surface area contributed by atoms with Gasteiger partial charge in [-0.05, 0) is 47.9 Å². The summed E-state index contributed by atoms with van der Waals surface area (Å²) >= 11 is 6.33. The molecule has 2 aromatic carbocycles. The molecule has 100 valence electrons. The molecule has 0 heterocycles. The molecule has 0 aliphatic rings. The molecule has 0 bridgehead atoms. The third-order valence-electron chi connectivity index (χ3n) is 2.97. The van der Waals surface area contributed by atoms with Gasteiger partial charge in [-0.1, -0.05) is 12.1 Å². The zero-order valence-corrected chi connectivity index (χ0v) is 11.3. The first-order valence-electron chi connectivity index (χ1n) is 5.76. The quantitative estimate of drug-likeness (QED) is 0.747. The van der Waals surface area contributed by atoms with Crippen LogP contribution in [0.15, 0.2) is 36.4 Å². The van der Waals surface area contributed by atoms with Gasteiger partial charge in [0.15, 0.2) is 11.6 Å². The zero-order chi connectivity index (χ0) is 14.0. The SMILES string of the molecule is COc1ccc(C(Cl)c2ccc(F)cc2C)cc1F. The molecule has 19 heavy (non-hydrogen) atoms. The summed E-state index contributed by atoms with van der Waals surface area (Å²) in [6, 6.07) is 8.92. The van der Waals surface area contributed by atoms with E-state index in [2.05, 4.69) is 0 Å². The van der Waals surface area contributed by atoms with Crippen molar-refractivity contribution in [2.75, 3.05) is 7.11 Å². The summed E-state index contributed by atoms with van der Waals surface area (Å²) < 4.78 is 31.6. The fraction of sp³-hybridized carbons (Fsp3) is 0.200. The Morgan fingerprint density at radius 2 is 1.84 bits per heavy atom. The van der Waals surface area contributed by atoms with E-state index in [0.29, 0.717) is 5.56 Å². The molecule has 1 nitrogen and oxygen atoms in total. The standard InChI is InChI=1S/C15H13ClF2O/c1-9-7-11(17)4-5-12(9)15(16)10-3-6-14(19-2)13(18)8-10/h3-8,15H,1-2H3. The van der Waals surface area contributed by atoms with Gasteiger partial charge in [0.1, 0.15) is 5.82 Å². The highest BCUT2D eigenvalue weighted by molar-refractivity contribution is 6.22. The van der Waals surface area contributed by atoms with Crippen molar-refractivity contribution in [1.82, 2.24) is 0 Å². The molecule has 0 aliphatic carbocycles. The second-order valence-corrected chi connectivity index (χ2v) is 4.69. The number of aryl methyl sites for hydroxylation is 1. The van der Waals surface area contributed by atoms with Crippen molar-refractivity contribution in [2.45, 2.75) is 12.3 Å². The number of alkyl halides is 1. The van der Waals surface area contributed by atoms with Gasteiger partial charge in [0.05, 0.1) is 12.5 Å². The van der Waals surface area contributed by atoms with Crippen LogP contribution in [0.1, 0.15) is 22.1 Å². The topological polar surface area (TPSA) is 9.23 Å². The Morgan fingerprint density at radius 1 is 1.11 bits per heavy atom. The number of methoxy groups -OCH3 is 1. The molecular weight excluding hydrogens is 270 g/mol. The largest absolute Gasteiger partial charge is 0.494 e. The third-order valence-corrected chi connectivity index (χ3v) is 3.46. The van der Waals surface area contributed by atoms with E-state index in [0.717, 1.165) is 11.1 Å². The van der Waals surface area contributed by atoms with Crippen molar-refractivity contribution in [3.05, 3.63) is 64.7 Å². The number of ether oxygens (including phenoxy) is 1. The fourth-order valence-electron chi connectivity index (χ4n) is 1.94. The molecule has 0 fully saturated rings. The van der Waals surface area contributed by atoms with Crippen LogP contribution in [0.4, 0.5) is 8.78 Å². The molecule has 0 radical (unpaired) electrons. The molecule has 0 aromatic heterocycles. The predicted octanol–water partition coefficient (Wildman–Crippen LogP) is 4.61. The Balaban J connectivity index is 2.38. The fourth-order valence-corrected chi connectivity index (χ4v) is 2.32. The lowest BCUT2D eigenvalue weighted by Crippen LogP contribution is -1.98. The molecule has 4 heteroatoms. The Hall–Kier alpha value is -1.61. The van der Waals surface area contributed by atoms with Crippen LogP contribution in [0.5, 0.6) is 5.75 Å². The van der Waals surface area contributed by atoms with Crippen LogP contribution in [-0.2, 0) is 0 Å². The van der Waals surface area contributed by atoms with Crippen molar-refractivity contribution in [3.63, 3.8) is 0 Å². The smallest absolute Gasteiger partial charge is 0.165 e. The van der Waals surface area contributed by atoms with Gasteiger partial charge in [-0.25, -0.2) is 8.78 Å². The minimum Gasteiger partial charge on any atom is -0.494 e. The Bertz CT molecular complexity index is 599. The number of hydrogen-bond donors (Lipinski definition) is 0. The van der Waals surface area contributed by atoms with Crippen LogP contribution in [0.25, 0.3) is 0 Å². The van der Waals surface area contributed by atoms with E-state index >= 15 is 0 Å². The lowest BCUT2D eigenvalue weighted by atomic mass is 9.99. The first-order valence-corrected chi connectivity index (χ1v) is 6.20. The minimum atomic E-state index is -0.527. The maximum Gasteiger partial charge on any atom is 0.165 e. The van der Waals surface area contributed by atoms with Crippen LogP contribution in [0, 0.1) is 18.6 Å². The van der Waals surface area contributed by atoms with Gasteiger partial charge in [0, 0.05) is 0 Å². The highest BCUT2D eigenvalue weighted by Crippen LogP contribution is 2.33. The average Bonchev–Trinajstić information content (AvgIpc) is 2.38. The van der Waals surface area contributed by atoms with Crippen molar-refractivity contribution < 1.29 is 13.5 Å². The molecule has 0 saturated heterocycles. The minimum absolute atomic E-state index is 0.170. The molecule has 1 unspecified atom stereocenters. The third kappa shape index (κ3) is 2.87. The van der Waals surface area contributed by atoms with E-state index in [1.54, 1.807) is 19.1 Å². The highest BCUT2D eigenvalue weighted by atomic mass is 35.5.